The normalized spacial score (nSPS) is 21.5. The minimum atomic E-state index is -0.633. The van der Waals surface area contributed by atoms with E-state index in [-0.39, 0.29) is 22.6 Å². The zero-order chi connectivity index (χ0) is 19.7. The minimum Gasteiger partial charge on any atom is -0.343 e. The Bertz CT molecular complexity index is 956. The minimum absolute atomic E-state index is 0.126. The van der Waals surface area contributed by atoms with Crippen molar-refractivity contribution in [2.24, 2.45) is 0 Å². The summed E-state index contributed by atoms with van der Waals surface area (Å²) in [5.74, 6) is -0.351. The third-order valence-electron chi connectivity index (χ3n) is 6.03. The van der Waals surface area contributed by atoms with E-state index in [4.69, 9.17) is 4.52 Å². The van der Waals surface area contributed by atoms with Gasteiger partial charge in [0.1, 0.15) is 11.6 Å². The Morgan fingerprint density at radius 1 is 1.18 bits per heavy atom. The SMILES string of the molecule is CC[C@H]1CC[C@](CC)(Cc2ncon2)c2nnc(-c3c(F)cccc3F)cc21. The molecular weight excluding hydrogens is 362 g/mol. The van der Waals surface area contributed by atoms with Crippen LogP contribution in [0.1, 0.15) is 62.5 Å². The van der Waals surface area contributed by atoms with Crippen molar-refractivity contribution in [2.45, 2.75) is 57.3 Å². The summed E-state index contributed by atoms with van der Waals surface area (Å²) in [7, 11) is 0. The number of rotatable bonds is 5. The van der Waals surface area contributed by atoms with Gasteiger partial charge in [0.2, 0.25) is 6.39 Å². The van der Waals surface area contributed by atoms with Gasteiger partial charge in [0.25, 0.3) is 0 Å². The lowest BCUT2D eigenvalue weighted by atomic mass is 9.65. The van der Waals surface area contributed by atoms with Crippen LogP contribution in [-0.2, 0) is 11.8 Å². The molecular formula is C21H22F2N4O. The molecule has 0 amide bonds. The second-order valence-electron chi connectivity index (χ2n) is 7.43. The Morgan fingerprint density at radius 3 is 2.61 bits per heavy atom. The maximum Gasteiger partial charge on any atom is 0.213 e. The Hall–Kier alpha value is -2.70. The first-order valence-corrected chi connectivity index (χ1v) is 9.65. The molecule has 0 unspecified atom stereocenters. The van der Waals surface area contributed by atoms with E-state index >= 15 is 0 Å². The fourth-order valence-electron chi connectivity index (χ4n) is 4.36. The van der Waals surface area contributed by atoms with Gasteiger partial charge in [0.15, 0.2) is 5.82 Å². The lowest BCUT2D eigenvalue weighted by Gasteiger charge is -2.39. The maximum absolute atomic E-state index is 14.3. The fraction of sp³-hybridized carbons (Fsp3) is 0.429. The molecule has 0 spiro atoms. The summed E-state index contributed by atoms with van der Waals surface area (Å²) in [4.78, 5) is 4.18. The molecule has 0 aliphatic heterocycles. The molecule has 1 aliphatic carbocycles. The Morgan fingerprint density at radius 2 is 1.96 bits per heavy atom. The number of hydrogen-bond donors (Lipinski definition) is 0. The summed E-state index contributed by atoms with van der Waals surface area (Å²) in [5.41, 5.74) is 1.76. The third-order valence-corrected chi connectivity index (χ3v) is 6.03. The van der Waals surface area contributed by atoms with Crippen molar-refractivity contribution in [2.75, 3.05) is 0 Å². The lowest BCUT2D eigenvalue weighted by Crippen LogP contribution is -2.36. The van der Waals surface area contributed by atoms with Crippen LogP contribution in [0.2, 0.25) is 0 Å². The van der Waals surface area contributed by atoms with Gasteiger partial charge in [-0.3, -0.25) is 0 Å². The van der Waals surface area contributed by atoms with Crippen LogP contribution in [0.4, 0.5) is 8.78 Å². The highest BCUT2D eigenvalue weighted by Crippen LogP contribution is 2.47. The van der Waals surface area contributed by atoms with Crippen molar-refractivity contribution in [3.63, 3.8) is 0 Å². The van der Waals surface area contributed by atoms with E-state index in [2.05, 4.69) is 34.2 Å². The van der Waals surface area contributed by atoms with E-state index in [1.165, 1.54) is 24.6 Å². The number of hydrogen-bond acceptors (Lipinski definition) is 5. The Balaban J connectivity index is 1.84. The molecule has 7 heteroatoms. The molecule has 3 aromatic rings. The van der Waals surface area contributed by atoms with E-state index in [0.29, 0.717) is 12.2 Å². The summed E-state index contributed by atoms with van der Waals surface area (Å²) < 4.78 is 33.5. The van der Waals surface area contributed by atoms with Gasteiger partial charge in [-0.15, -0.1) is 0 Å². The van der Waals surface area contributed by atoms with Crippen molar-refractivity contribution >= 4 is 0 Å². The average molecular weight is 384 g/mol. The molecule has 2 heterocycles. The van der Waals surface area contributed by atoms with Crippen LogP contribution in [-0.4, -0.2) is 20.3 Å². The number of halogens is 2. The molecule has 0 saturated carbocycles. The quantitative estimate of drug-likeness (QED) is 0.620. The van der Waals surface area contributed by atoms with Crippen LogP contribution in [0, 0.1) is 11.6 Å². The van der Waals surface area contributed by atoms with Crippen LogP contribution in [0.15, 0.2) is 35.2 Å². The van der Waals surface area contributed by atoms with Gasteiger partial charge >= 0.3 is 0 Å². The monoisotopic (exact) mass is 384 g/mol. The van der Waals surface area contributed by atoms with Crippen LogP contribution in [0.3, 0.4) is 0 Å². The van der Waals surface area contributed by atoms with Gasteiger partial charge in [-0.25, -0.2) is 8.78 Å². The summed E-state index contributed by atoms with van der Waals surface area (Å²) >= 11 is 0. The van der Waals surface area contributed by atoms with Gasteiger partial charge in [-0.2, -0.15) is 15.2 Å². The molecule has 0 saturated heterocycles. The van der Waals surface area contributed by atoms with Crippen molar-refractivity contribution < 1.29 is 13.3 Å². The molecule has 0 fully saturated rings. The molecule has 5 nitrogen and oxygen atoms in total. The van der Waals surface area contributed by atoms with Gasteiger partial charge in [0, 0.05) is 11.8 Å². The number of aromatic nitrogens is 4. The van der Waals surface area contributed by atoms with Gasteiger partial charge in [0.05, 0.1) is 17.0 Å². The van der Waals surface area contributed by atoms with Crippen LogP contribution < -0.4 is 0 Å². The van der Waals surface area contributed by atoms with Crippen molar-refractivity contribution in [1.29, 1.82) is 0 Å². The molecule has 0 bridgehead atoms. The standard InChI is InChI=1S/C21H22F2N4O/c1-3-13-8-9-21(4-2,11-18-24-12-28-27-18)20-14(13)10-17(25-26-20)19-15(22)6-5-7-16(19)23/h5-7,10,12-13H,3-4,8-9,11H2,1-2H3/t13-,21+/m0/s1. The number of nitrogens with zero attached hydrogens (tertiary/aromatic N) is 4. The lowest BCUT2D eigenvalue weighted by molar-refractivity contribution is 0.295. The van der Waals surface area contributed by atoms with Crippen molar-refractivity contribution in [1.82, 2.24) is 20.3 Å². The molecule has 0 radical (unpaired) electrons. The molecule has 28 heavy (non-hydrogen) atoms. The highest BCUT2D eigenvalue weighted by atomic mass is 19.1. The van der Waals surface area contributed by atoms with E-state index in [1.807, 2.05) is 6.07 Å². The summed E-state index contributed by atoms with van der Waals surface area (Å²) in [6, 6.07) is 5.65. The molecule has 2 aromatic heterocycles. The van der Waals surface area contributed by atoms with Gasteiger partial charge in [-0.05, 0) is 55.4 Å². The average Bonchev–Trinajstić information content (AvgIpc) is 3.21. The predicted octanol–water partition coefficient (Wildman–Crippen LogP) is 4.98. The second kappa shape index (κ2) is 7.37. The van der Waals surface area contributed by atoms with E-state index in [0.717, 1.165) is 36.9 Å². The van der Waals surface area contributed by atoms with Gasteiger partial charge < -0.3 is 4.52 Å². The Kier molecular flexibility index (Phi) is 4.91. The van der Waals surface area contributed by atoms with Crippen molar-refractivity contribution in [3.05, 3.63) is 59.4 Å². The molecule has 146 valence electrons. The molecule has 1 aliphatic rings. The second-order valence-corrected chi connectivity index (χ2v) is 7.43. The zero-order valence-electron chi connectivity index (χ0n) is 16.0. The highest BCUT2D eigenvalue weighted by molar-refractivity contribution is 5.62. The zero-order valence-corrected chi connectivity index (χ0v) is 16.0. The first kappa shape index (κ1) is 18.7. The molecule has 4 rings (SSSR count). The summed E-state index contributed by atoms with van der Waals surface area (Å²) in [5, 5.41) is 12.7. The summed E-state index contributed by atoms with van der Waals surface area (Å²) in [6.45, 7) is 4.23. The third kappa shape index (κ3) is 3.08. The largest absolute Gasteiger partial charge is 0.343 e. The molecule has 2 atom stereocenters. The van der Waals surface area contributed by atoms with E-state index in [9.17, 15) is 8.78 Å². The first-order valence-electron chi connectivity index (χ1n) is 9.65. The van der Waals surface area contributed by atoms with Crippen molar-refractivity contribution in [3.8, 4) is 11.3 Å². The smallest absolute Gasteiger partial charge is 0.213 e. The van der Waals surface area contributed by atoms with E-state index in [1.54, 1.807) is 0 Å². The summed E-state index contributed by atoms with van der Waals surface area (Å²) in [6.07, 6.45) is 5.61. The fourth-order valence-corrected chi connectivity index (χ4v) is 4.36. The Labute approximate surface area is 162 Å². The number of benzene rings is 1. The topological polar surface area (TPSA) is 64.7 Å². The molecule has 0 N–H and O–H groups in total. The highest BCUT2D eigenvalue weighted by Gasteiger charge is 2.41. The van der Waals surface area contributed by atoms with E-state index < -0.39 is 11.6 Å². The van der Waals surface area contributed by atoms with Crippen LogP contribution in [0.5, 0.6) is 0 Å². The predicted molar refractivity (Wildman–Crippen MR) is 99.6 cm³/mol. The van der Waals surface area contributed by atoms with Crippen LogP contribution >= 0.6 is 0 Å². The van der Waals surface area contributed by atoms with Gasteiger partial charge in [-0.1, -0.05) is 25.1 Å². The first-order chi connectivity index (χ1) is 13.6. The molecule has 1 aromatic carbocycles. The van der Waals surface area contributed by atoms with Crippen LogP contribution in [0.25, 0.3) is 11.3 Å². The maximum atomic E-state index is 14.3. The number of fused-ring (bicyclic) bond motifs is 1.